The maximum atomic E-state index is 13.7. The lowest BCUT2D eigenvalue weighted by atomic mass is 10.1. The average Bonchev–Trinajstić information content (AvgIpc) is 2.41. The van der Waals surface area contributed by atoms with E-state index in [4.69, 9.17) is 27.9 Å². The maximum Gasteiger partial charge on any atom is 0.148 e. The molecule has 0 spiro atoms. The van der Waals surface area contributed by atoms with Gasteiger partial charge in [0.05, 0.1) is 11.1 Å². The Morgan fingerprint density at radius 1 is 1.25 bits per heavy atom. The Kier molecular flexibility index (Phi) is 4.86. The van der Waals surface area contributed by atoms with E-state index in [-0.39, 0.29) is 11.6 Å². The van der Waals surface area contributed by atoms with Crippen LogP contribution in [0.2, 0.25) is 10.0 Å². The summed E-state index contributed by atoms with van der Waals surface area (Å²) in [7, 11) is 0. The van der Waals surface area contributed by atoms with Gasteiger partial charge in [-0.1, -0.05) is 35.3 Å². The number of hydrogen-bond donors (Lipinski definition) is 1. The van der Waals surface area contributed by atoms with Gasteiger partial charge in [0, 0.05) is 16.1 Å². The minimum absolute atomic E-state index is 0.0216. The van der Waals surface area contributed by atoms with Crippen molar-refractivity contribution in [2.45, 2.75) is 19.6 Å². The molecule has 2 aromatic rings. The molecule has 0 aliphatic heterocycles. The van der Waals surface area contributed by atoms with E-state index in [1.54, 1.807) is 37.3 Å². The topological polar surface area (TPSA) is 29.5 Å². The molecule has 0 radical (unpaired) electrons. The highest BCUT2D eigenvalue weighted by molar-refractivity contribution is 6.31. The minimum atomic E-state index is -0.729. The maximum absolute atomic E-state index is 13.7. The predicted molar refractivity (Wildman–Crippen MR) is 77.8 cm³/mol. The van der Waals surface area contributed by atoms with E-state index in [1.165, 1.54) is 6.07 Å². The lowest BCUT2D eigenvalue weighted by Crippen LogP contribution is -2.02. The molecule has 0 aliphatic carbocycles. The minimum Gasteiger partial charge on any atom is -0.488 e. The van der Waals surface area contributed by atoms with Crippen LogP contribution in [0.25, 0.3) is 0 Å². The fraction of sp³-hybridized carbons (Fsp3) is 0.200. The fourth-order valence-corrected chi connectivity index (χ4v) is 2.17. The number of rotatable bonds is 4. The smallest absolute Gasteiger partial charge is 0.148 e. The molecule has 0 unspecified atom stereocenters. The van der Waals surface area contributed by atoms with Crippen molar-refractivity contribution in [2.75, 3.05) is 0 Å². The Bertz CT molecular complexity index is 615. The van der Waals surface area contributed by atoms with Gasteiger partial charge in [0.1, 0.15) is 18.2 Å². The van der Waals surface area contributed by atoms with Crippen molar-refractivity contribution in [3.8, 4) is 5.75 Å². The summed E-state index contributed by atoms with van der Waals surface area (Å²) < 4.78 is 19.3. The van der Waals surface area contributed by atoms with E-state index in [1.807, 2.05) is 0 Å². The number of halogens is 3. The second-order valence-electron chi connectivity index (χ2n) is 4.36. The lowest BCUT2D eigenvalue weighted by molar-refractivity contribution is 0.190. The van der Waals surface area contributed by atoms with Crippen LogP contribution >= 0.6 is 23.2 Å². The van der Waals surface area contributed by atoms with Gasteiger partial charge in [-0.15, -0.1) is 0 Å². The Morgan fingerprint density at radius 2 is 2.00 bits per heavy atom. The molecule has 0 saturated heterocycles. The number of aliphatic hydroxyl groups excluding tert-OH is 1. The van der Waals surface area contributed by atoms with Crippen molar-refractivity contribution < 1.29 is 14.2 Å². The van der Waals surface area contributed by atoms with Gasteiger partial charge in [0.2, 0.25) is 0 Å². The molecule has 0 amide bonds. The SMILES string of the molecule is C[C@@H](O)c1cc(Cl)ccc1OCc1cccc(Cl)c1F. The van der Waals surface area contributed by atoms with Gasteiger partial charge in [-0.3, -0.25) is 0 Å². The number of aliphatic hydroxyl groups is 1. The second-order valence-corrected chi connectivity index (χ2v) is 5.20. The molecule has 106 valence electrons. The highest BCUT2D eigenvalue weighted by Gasteiger charge is 2.12. The van der Waals surface area contributed by atoms with Crippen LogP contribution in [-0.4, -0.2) is 5.11 Å². The van der Waals surface area contributed by atoms with Crippen molar-refractivity contribution in [2.24, 2.45) is 0 Å². The average molecular weight is 315 g/mol. The highest BCUT2D eigenvalue weighted by Crippen LogP contribution is 2.29. The standard InChI is InChI=1S/C15H13Cl2FO2/c1-9(19)12-7-11(16)5-6-14(12)20-8-10-3-2-4-13(17)15(10)18/h2-7,9,19H,8H2,1H3/t9-/m1/s1. The molecule has 0 aromatic heterocycles. The first-order chi connectivity index (χ1) is 9.49. The summed E-state index contributed by atoms with van der Waals surface area (Å²) >= 11 is 11.6. The first-order valence-electron chi connectivity index (χ1n) is 6.02. The summed E-state index contributed by atoms with van der Waals surface area (Å²) in [6, 6.07) is 9.64. The Hall–Kier alpha value is -1.29. The molecule has 0 fully saturated rings. The predicted octanol–water partition coefficient (Wildman–Crippen LogP) is 4.76. The zero-order valence-corrected chi connectivity index (χ0v) is 12.2. The molecule has 2 nitrogen and oxygen atoms in total. The van der Waals surface area contributed by atoms with Crippen LogP contribution in [0.3, 0.4) is 0 Å². The van der Waals surface area contributed by atoms with Gasteiger partial charge in [0.15, 0.2) is 0 Å². The monoisotopic (exact) mass is 314 g/mol. The van der Waals surface area contributed by atoms with Crippen molar-refractivity contribution in [3.63, 3.8) is 0 Å². The number of benzene rings is 2. The quantitative estimate of drug-likeness (QED) is 0.881. The van der Waals surface area contributed by atoms with E-state index in [9.17, 15) is 9.50 Å². The Labute approximate surface area is 126 Å². The molecule has 5 heteroatoms. The number of hydrogen-bond acceptors (Lipinski definition) is 2. The molecule has 2 rings (SSSR count). The summed E-state index contributed by atoms with van der Waals surface area (Å²) in [4.78, 5) is 0. The Balaban J connectivity index is 2.21. The van der Waals surface area contributed by atoms with E-state index in [2.05, 4.69) is 0 Å². The van der Waals surface area contributed by atoms with E-state index in [0.29, 0.717) is 21.9 Å². The normalized spacial score (nSPS) is 12.2. The van der Waals surface area contributed by atoms with Gasteiger partial charge in [0.25, 0.3) is 0 Å². The summed E-state index contributed by atoms with van der Waals surface area (Å²) in [6.45, 7) is 1.63. The Morgan fingerprint density at radius 3 is 2.70 bits per heavy atom. The highest BCUT2D eigenvalue weighted by atomic mass is 35.5. The molecule has 0 saturated carbocycles. The molecule has 2 aromatic carbocycles. The number of ether oxygens (including phenoxy) is 1. The van der Waals surface area contributed by atoms with Gasteiger partial charge >= 0.3 is 0 Å². The van der Waals surface area contributed by atoms with Crippen LogP contribution in [0.5, 0.6) is 5.75 Å². The van der Waals surface area contributed by atoms with Crippen LogP contribution in [0.1, 0.15) is 24.2 Å². The van der Waals surface area contributed by atoms with Crippen LogP contribution < -0.4 is 4.74 Å². The van der Waals surface area contributed by atoms with Crippen molar-refractivity contribution >= 4 is 23.2 Å². The van der Waals surface area contributed by atoms with Crippen LogP contribution in [0.15, 0.2) is 36.4 Å². The summed E-state index contributed by atoms with van der Waals surface area (Å²) in [5.74, 6) is -0.0366. The van der Waals surface area contributed by atoms with Gasteiger partial charge < -0.3 is 9.84 Å². The molecule has 20 heavy (non-hydrogen) atoms. The van der Waals surface area contributed by atoms with Gasteiger partial charge in [-0.2, -0.15) is 0 Å². The first kappa shape index (κ1) is 15.1. The third-order valence-electron chi connectivity index (χ3n) is 2.84. The van der Waals surface area contributed by atoms with E-state index in [0.717, 1.165) is 0 Å². The lowest BCUT2D eigenvalue weighted by Gasteiger charge is -2.14. The first-order valence-corrected chi connectivity index (χ1v) is 6.78. The molecule has 0 bridgehead atoms. The molecule has 0 aliphatic rings. The van der Waals surface area contributed by atoms with E-state index >= 15 is 0 Å². The van der Waals surface area contributed by atoms with Crippen LogP contribution in [0, 0.1) is 5.82 Å². The third-order valence-corrected chi connectivity index (χ3v) is 3.36. The van der Waals surface area contributed by atoms with Crippen molar-refractivity contribution in [1.82, 2.24) is 0 Å². The van der Waals surface area contributed by atoms with Gasteiger partial charge in [-0.25, -0.2) is 4.39 Å². The molecule has 1 N–H and O–H groups in total. The third kappa shape index (κ3) is 3.42. The van der Waals surface area contributed by atoms with Gasteiger partial charge in [-0.05, 0) is 31.2 Å². The van der Waals surface area contributed by atoms with Crippen molar-refractivity contribution in [1.29, 1.82) is 0 Å². The molecule has 1 atom stereocenters. The van der Waals surface area contributed by atoms with Crippen LogP contribution in [-0.2, 0) is 6.61 Å². The van der Waals surface area contributed by atoms with Crippen molar-refractivity contribution in [3.05, 3.63) is 63.4 Å². The second kappa shape index (κ2) is 6.44. The largest absolute Gasteiger partial charge is 0.488 e. The summed E-state index contributed by atoms with van der Waals surface area (Å²) in [5, 5.41) is 10.2. The zero-order chi connectivity index (χ0) is 14.7. The summed E-state index contributed by atoms with van der Waals surface area (Å²) in [5.41, 5.74) is 0.906. The fourth-order valence-electron chi connectivity index (χ4n) is 1.79. The zero-order valence-electron chi connectivity index (χ0n) is 10.7. The van der Waals surface area contributed by atoms with E-state index < -0.39 is 11.9 Å². The molecular weight excluding hydrogens is 302 g/mol. The molecular formula is C15H13Cl2FO2. The molecule has 0 heterocycles. The summed E-state index contributed by atoms with van der Waals surface area (Å²) in [6.07, 6.45) is -0.729. The van der Waals surface area contributed by atoms with Crippen LogP contribution in [0.4, 0.5) is 4.39 Å².